The maximum Gasteiger partial charge on any atom is 0.248 e. The molecule has 0 bridgehead atoms. The first-order chi connectivity index (χ1) is 8.29. The number of hydrogen-bond acceptors (Lipinski definition) is 3. The summed E-state index contributed by atoms with van der Waals surface area (Å²) in [4.78, 5) is 12.4. The molecule has 2 heterocycles. The number of hydrogen-bond donors (Lipinski definition) is 2. The van der Waals surface area contributed by atoms with E-state index in [-0.39, 0.29) is 18.3 Å². The van der Waals surface area contributed by atoms with Gasteiger partial charge in [-0.15, -0.1) is 12.4 Å². The number of halogens is 1. The minimum atomic E-state index is -0.496. The predicted octanol–water partition coefficient (Wildman–Crippen LogP) is 0.910. The molecule has 5 nitrogen and oxygen atoms in total. The first-order valence-corrected chi connectivity index (χ1v) is 6.29. The Morgan fingerprint density at radius 2 is 2.22 bits per heavy atom. The van der Waals surface area contributed by atoms with Crippen LogP contribution in [0.1, 0.15) is 26.2 Å². The molecule has 0 unspecified atom stereocenters. The van der Waals surface area contributed by atoms with Crippen molar-refractivity contribution in [3.05, 3.63) is 18.5 Å². The molecule has 18 heavy (non-hydrogen) atoms. The third-order valence-corrected chi connectivity index (χ3v) is 3.33. The number of carbonyl (C=O) groups excluding carboxylic acids is 1. The van der Waals surface area contributed by atoms with Crippen LogP contribution in [0, 0.1) is 0 Å². The average molecular weight is 273 g/mol. The molecule has 102 valence electrons. The van der Waals surface area contributed by atoms with Crippen molar-refractivity contribution in [3.63, 3.8) is 0 Å². The van der Waals surface area contributed by atoms with Crippen LogP contribution in [0.15, 0.2) is 18.5 Å². The lowest BCUT2D eigenvalue weighted by Gasteiger charge is -2.36. The summed E-state index contributed by atoms with van der Waals surface area (Å²) < 4.78 is 1.82. The number of rotatable bonds is 4. The minimum Gasteiger partial charge on any atom is -0.354 e. The highest BCUT2D eigenvalue weighted by atomic mass is 35.5. The summed E-state index contributed by atoms with van der Waals surface area (Å²) in [5.74, 6) is 0.101. The summed E-state index contributed by atoms with van der Waals surface area (Å²) in [6, 6.07) is 1.87. The van der Waals surface area contributed by atoms with E-state index in [1.807, 2.05) is 16.9 Å². The van der Waals surface area contributed by atoms with Crippen LogP contribution in [0.5, 0.6) is 0 Å². The highest BCUT2D eigenvalue weighted by Crippen LogP contribution is 2.26. The van der Waals surface area contributed by atoms with E-state index in [0.717, 1.165) is 38.9 Å². The Morgan fingerprint density at radius 3 is 2.78 bits per heavy atom. The van der Waals surface area contributed by atoms with Crippen molar-refractivity contribution in [2.45, 2.75) is 31.7 Å². The number of aromatic nitrogens is 2. The first-order valence-electron chi connectivity index (χ1n) is 6.29. The zero-order valence-electron chi connectivity index (χ0n) is 10.7. The van der Waals surface area contributed by atoms with Gasteiger partial charge in [0.15, 0.2) is 0 Å². The van der Waals surface area contributed by atoms with Crippen molar-refractivity contribution in [1.29, 1.82) is 0 Å². The summed E-state index contributed by atoms with van der Waals surface area (Å²) in [6.45, 7) is 4.51. The highest BCUT2D eigenvalue weighted by molar-refractivity contribution is 5.85. The summed E-state index contributed by atoms with van der Waals surface area (Å²) in [5, 5.41) is 10.6. The van der Waals surface area contributed by atoms with E-state index in [2.05, 4.69) is 22.7 Å². The monoisotopic (exact) mass is 272 g/mol. The second-order valence-corrected chi connectivity index (χ2v) is 4.49. The van der Waals surface area contributed by atoms with Crippen LogP contribution in [-0.4, -0.2) is 35.3 Å². The van der Waals surface area contributed by atoms with E-state index < -0.39 is 5.54 Å². The molecule has 0 atom stereocenters. The van der Waals surface area contributed by atoms with Crippen molar-refractivity contribution in [2.75, 3.05) is 19.6 Å². The van der Waals surface area contributed by atoms with Gasteiger partial charge in [-0.2, -0.15) is 5.10 Å². The van der Waals surface area contributed by atoms with Gasteiger partial charge in [0.1, 0.15) is 5.54 Å². The summed E-state index contributed by atoms with van der Waals surface area (Å²) in [5.41, 5.74) is -0.496. The van der Waals surface area contributed by atoms with Crippen molar-refractivity contribution in [2.24, 2.45) is 0 Å². The molecule has 2 N–H and O–H groups in total. The number of amides is 1. The van der Waals surface area contributed by atoms with Gasteiger partial charge >= 0.3 is 0 Å². The maximum atomic E-state index is 12.4. The molecule has 1 saturated heterocycles. The Bertz CT molecular complexity index is 360. The van der Waals surface area contributed by atoms with Gasteiger partial charge in [0.25, 0.3) is 0 Å². The third-order valence-electron chi connectivity index (χ3n) is 3.33. The van der Waals surface area contributed by atoms with Gasteiger partial charge in [-0.1, -0.05) is 6.92 Å². The maximum absolute atomic E-state index is 12.4. The average Bonchev–Trinajstić information content (AvgIpc) is 2.91. The predicted molar refractivity (Wildman–Crippen MR) is 72.9 cm³/mol. The van der Waals surface area contributed by atoms with Gasteiger partial charge in [0, 0.05) is 18.9 Å². The molecule has 1 aromatic rings. The molecule has 0 spiro atoms. The molecular weight excluding hydrogens is 252 g/mol. The Balaban J connectivity index is 0.00000162. The molecular formula is C12H21ClN4O. The Morgan fingerprint density at radius 1 is 1.50 bits per heavy atom. The molecule has 2 rings (SSSR count). The molecule has 1 aliphatic heterocycles. The van der Waals surface area contributed by atoms with Crippen molar-refractivity contribution >= 4 is 18.3 Å². The lowest BCUT2D eigenvalue weighted by molar-refractivity contribution is -0.132. The topological polar surface area (TPSA) is 59.0 Å². The minimum absolute atomic E-state index is 0. The van der Waals surface area contributed by atoms with Crippen molar-refractivity contribution in [3.8, 4) is 0 Å². The van der Waals surface area contributed by atoms with Crippen LogP contribution in [0.2, 0.25) is 0 Å². The van der Waals surface area contributed by atoms with Crippen LogP contribution in [0.3, 0.4) is 0 Å². The number of piperidine rings is 1. The summed E-state index contributed by atoms with van der Waals surface area (Å²) >= 11 is 0. The van der Waals surface area contributed by atoms with Gasteiger partial charge in [0.05, 0.1) is 0 Å². The molecule has 0 aliphatic carbocycles. The normalized spacial score (nSPS) is 17.8. The van der Waals surface area contributed by atoms with Gasteiger partial charge in [-0.25, -0.2) is 0 Å². The summed E-state index contributed by atoms with van der Waals surface area (Å²) in [7, 11) is 0. The van der Waals surface area contributed by atoms with E-state index in [0.29, 0.717) is 0 Å². The fraction of sp³-hybridized carbons (Fsp3) is 0.667. The van der Waals surface area contributed by atoms with Gasteiger partial charge in [-0.3, -0.25) is 9.48 Å². The molecule has 1 amide bonds. The smallest absolute Gasteiger partial charge is 0.248 e. The molecule has 1 fully saturated rings. The Hall–Kier alpha value is -1.07. The van der Waals surface area contributed by atoms with E-state index in [1.165, 1.54) is 0 Å². The van der Waals surface area contributed by atoms with E-state index >= 15 is 0 Å². The molecule has 6 heteroatoms. The fourth-order valence-electron chi connectivity index (χ4n) is 2.33. The quantitative estimate of drug-likeness (QED) is 0.857. The van der Waals surface area contributed by atoms with Crippen LogP contribution in [0.25, 0.3) is 0 Å². The van der Waals surface area contributed by atoms with Gasteiger partial charge < -0.3 is 10.6 Å². The zero-order chi connectivity index (χ0) is 12.1. The highest BCUT2D eigenvalue weighted by Gasteiger charge is 2.41. The largest absolute Gasteiger partial charge is 0.354 e. The second-order valence-electron chi connectivity index (χ2n) is 4.49. The first kappa shape index (κ1) is 15.0. The molecule has 1 aromatic heterocycles. The Kier molecular flexibility index (Phi) is 5.62. The molecule has 1 aliphatic rings. The molecule has 0 saturated carbocycles. The van der Waals surface area contributed by atoms with Crippen molar-refractivity contribution in [1.82, 2.24) is 20.4 Å². The molecule has 0 radical (unpaired) electrons. The van der Waals surface area contributed by atoms with Gasteiger partial charge in [-0.05, 0) is 38.4 Å². The van der Waals surface area contributed by atoms with Crippen molar-refractivity contribution < 1.29 is 4.79 Å². The summed E-state index contributed by atoms with van der Waals surface area (Å²) in [6.07, 6.45) is 6.17. The lowest BCUT2D eigenvalue weighted by Crippen LogP contribution is -2.54. The van der Waals surface area contributed by atoms with E-state index in [1.54, 1.807) is 6.20 Å². The number of carbonyl (C=O) groups is 1. The fourth-order valence-corrected chi connectivity index (χ4v) is 2.33. The third kappa shape index (κ3) is 2.84. The van der Waals surface area contributed by atoms with Crippen LogP contribution in [0.4, 0.5) is 0 Å². The van der Waals surface area contributed by atoms with E-state index in [4.69, 9.17) is 0 Å². The SMILES string of the molecule is CCCNC(=O)C1(n2cccn2)CCNCC1.Cl. The van der Waals surface area contributed by atoms with Crippen LogP contribution < -0.4 is 10.6 Å². The zero-order valence-corrected chi connectivity index (χ0v) is 11.5. The van der Waals surface area contributed by atoms with E-state index in [9.17, 15) is 4.79 Å². The second kappa shape index (κ2) is 6.75. The molecule has 0 aromatic carbocycles. The van der Waals surface area contributed by atoms with Gasteiger partial charge in [0.2, 0.25) is 5.91 Å². The van der Waals surface area contributed by atoms with Crippen LogP contribution >= 0.6 is 12.4 Å². The number of nitrogens with one attached hydrogen (secondary N) is 2. The number of nitrogens with zero attached hydrogens (tertiary/aromatic N) is 2. The van der Waals surface area contributed by atoms with Crippen LogP contribution in [-0.2, 0) is 10.3 Å². The standard InChI is InChI=1S/C12H20N4O.ClH/c1-2-6-14-11(17)12(4-8-13-9-5-12)16-10-3-7-15-16;/h3,7,10,13H,2,4-6,8-9H2,1H3,(H,14,17);1H. The Labute approximate surface area is 114 Å². The lowest BCUT2D eigenvalue weighted by atomic mass is 9.87.